The number of benzene rings is 1. The lowest BCUT2D eigenvalue weighted by molar-refractivity contribution is -0.696. The molecule has 3 heteroatoms. The van der Waals surface area contributed by atoms with E-state index in [0.717, 1.165) is 6.54 Å². The van der Waals surface area contributed by atoms with Crippen LogP contribution in [0.4, 0.5) is 0 Å². The van der Waals surface area contributed by atoms with Crippen molar-refractivity contribution in [3.63, 3.8) is 0 Å². The third-order valence-corrected chi connectivity index (χ3v) is 4.06. The molecule has 0 amide bonds. The van der Waals surface area contributed by atoms with Gasteiger partial charge in [-0.15, -0.1) is 0 Å². The van der Waals surface area contributed by atoms with Crippen LogP contribution in [0, 0.1) is 0 Å². The molecule has 0 aliphatic rings. The number of hydrogen-bond donors (Lipinski definition) is 0. The number of aromatic nitrogens is 2. The highest BCUT2D eigenvalue weighted by Gasteiger charge is 2.19. The molecule has 0 fully saturated rings. The van der Waals surface area contributed by atoms with E-state index in [1.165, 1.54) is 29.7 Å². The Balaban J connectivity index is 0.00000242. The van der Waals surface area contributed by atoms with Gasteiger partial charge >= 0.3 is 0 Å². The first-order chi connectivity index (χ1) is 10.0. The first-order valence-corrected chi connectivity index (χ1v) is 8.24. The highest BCUT2D eigenvalue weighted by Crippen LogP contribution is 2.30. The van der Waals surface area contributed by atoms with Crippen LogP contribution in [-0.4, -0.2) is 4.57 Å². The Kier molecular flexibility index (Phi) is 7.34. The van der Waals surface area contributed by atoms with Crippen LogP contribution < -0.4 is 21.5 Å². The van der Waals surface area contributed by atoms with Crippen LogP contribution in [-0.2, 0) is 6.54 Å². The molecule has 1 aromatic carbocycles. The molecule has 0 unspecified atom stereocenters. The summed E-state index contributed by atoms with van der Waals surface area (Å²) in [5.74, 6) is 1.07. The predicted octanol–water partition coefficient (Wildman–Crippen LogP) is 1.82. The van der Waals surface area contributed by atoms with Gasteiger partial charge in [-0.25, -0.2) is 9.13 Å². The lowest BCUT2D eigenvalue weighted by Crippen LogP contribution is -3.00. The van der Waals surface area contributed by atoms with Crippen molar-refractivity contribution in [3.8, 4) is 5.69 Å². The fourth-order valence-corrected chi connectivity index (χ4v) is 2.81. The maximum Gasteiger partial charge on any atom is 0.248 e. The average molecular weight is 365 g/mol. The molecule has 2 aromatic rings. The number of aryl methyl sites for hydroxylation is 1. The van der Waals surface area contributed by atoms with Crippen molar-refractivity contribution in [2.75, 3.05) is 0 Å². The van der Waals surface area contributed by atoms with Crippen LogP contribution in [0.5, 0.6) is 0 Å². The lowest BCUT2D eigenvalue weighted by atomic mass is 9.92. The predicted molar refractivity (Wildman–Crippen MR) is 89.1 cm³/mol. The van der Waals surface area contributed by atoms with Gasteiger partial charge in [0, 0.05) is 11.1 Å². The number of halogens is 1. The van der Waals surface area contributed by atoms with Crippen molar-refractivity contribution in [1.29, 1.82) is 0 Å². The molecule has 122 valence electrons. The normalized spacial score (nSPS) is 11.0. The van der Waals surface area contributed by atoms with Crippen LogP contribution in [0.15, 0.2) is 36.9 Å². The summed E-state index contributed by atoms with van der Waals surface area (Å²) in [7, 11) is 0. The maximum atomic E-state index is 2.31. The molecule has 2 rings (SSSR count). The Labute approximate surface area is 145 Å². The summed E-state index contributed by atoms with van der Waals surface area (Å²) < 4.78 is 4.60. The largest absolute Gasteiger partial charge is 1.00 e. The van der Waals surface area contributed by atoms with Crippen molar-refractivity contribution in [1.82, 2.24) is 4.57 Å². The smallest absolute Gasteiger partial charge is 0.248 e. The van der Waals surface area contributed by atoms with Crippen molar-refractivity contribution < 1.29 is 21.5 Å². The second-order valence-corrected chi connectivity index (χ2v) is 6.51. The van der Waals surface area contributed by atoms with E-state index in [0.29, 0.717) is 11.8 Å². The molecule has 22 heavy (non-hydrogen) atoms. The summed E-state index contributed by atoms with van der Waals surface area (Å²) in [4.78, 5) is 0. The molecule has 0 atom stereocenters. The third kappa shape index (κ3) is 4.22. The third-order valence-electron chi connectivity index (χ3n) is 4.06. The van der Waals surface area contributed by atoms with E-state index in [2.05, 4.69) is 80.7 Å². The molecule has 0 spiro atoms. The minimum atomic E-state index is 0. The van der Waals surface area contributed by atoms with Crippen LogP contribution in [0.2, 0.25) is 0 Å². The van der Waals surface area contributed by atoms with E-state index in [-0.39, 0.29) is 17.0 Å². The maximum absolute atomic E-state index is 2.31. The topological polar surface area (TPSA) is 8.81 Å². The molecule has 0 bridgehead atoms. The van der Waals surface area contributed by atoms with Crippen molar-refractivity contribution in [2.24, 2.45) is 0 Å². The van der Waals surface area contributed by atoms with Crippen LogP contribution in [0.3, 0.4) is 0 Å². The molecule has 0 saturated heterocycles. The first-order valence-electron chi connectivity index (χ1n) is 8.24. The van der Waals surface area contributed by atoms with Crippen molar-refractivity contribution >= 4 is 0 Å². The Morgan fingerprint density at radius 3 is 2.14 bits per heavy atom. The van der Waals surface area contributed by atoms with Gasteiger partial charge < -0.3 is 17.0 Å². The van der Waals surface area contributed by atoms with E-state index < -0.39 is 0 Å². The van der Waals surface area contributed by atoms with Crippen LogP contribution in [0.1, 0.15) is 70.4 Å². The SMILES string of the molecule is CCCC[n+]1ccn(-c2c(C(C)C)cccc2C(C)C)c1.[Br-]. The minimum Gasteiger partial charge on any atom is -1.00 e. The zero-order valence-corrected chi connectivity index (χ0v) is 16.1. The van der Waals surface area contributed by atoms with Gasteiger partial charge in [0.2, 0.25) is 6.33 Å². The summed E-state index contributed by atoms with van der Waals surface area (Å²) in [5, 5.41) is 0. The summed E-state index contributed by atoms with van der Waals surface area (Å²) >= 11 is 0. The van der Waals surface area contributed by atoms with E-state index >= 15 is 0 Å². The monoisotopic (exact) mass is 364 g/mol. The number of para-hydroxylation sites is 1. The Morgan fingerprint density at radius 2 is 1.64 bits per heavy atom. The van der Waals surface area contributed by atoms with E-state index in [1.807, 2.05) is 0 Å². The second-order valence-electron chi connectivity index (χ2n) is 6.51. The quantitative estimate of drug-likeness (QED) is 0.691. The molecule has 1 heterocycles. The molecule has 2 nitrogen and oxygen atoms in total. The Morgan fingerprint density at radius 1 is 1.05 bits per heavy atom. The molecular weight excluding hydrogens is 336 g/mol. The van der Waals surface area contributed by atoms with Crippen molar-refractivity contribution in [3.05, 3.63) is 48.0 Å². The van der Waals surface area contributed by atoms with Gasteiger partial charge in [-0.1, -0.05) is 59.2 Å². The van der Waals surface area contributed by atoms with Crippen molar-refractivity contribution in [2.45, 2.75) is 65.8 Å². The van der Waals surface area contributed by atoms with Crippen LogP contribution in [0.25, 0.3) is 5.69 Å². The number of unbranched alkanes of at least 4 members (excludes halogenated alkanes) is 1. The zero-order chi connectivity index (χ0) is 15.4. The van der Waals surface area contributed by atoms with Gasteiger partial charge in [0.1, 0.15) is 18.1 Å². The zero-order valence-electron chi connectivity index (χ0n) is 14.5. The van der Waals surface area contributed by atoms with Gasteiger partial charge in [-0.3, -0.25) is 0 Å². The Bertz CT molecular complexity index is 559. The van der Waals surface area contributed by atoms with E-state index in [4.69, 9.17) is 0 Å². The standard InChI is InChI=1S/C19H29N2.BrH/c1-6-7-11-20-12-13-21(14-20)19-17(15(2)3)9-8-10-18(19)16(4)5;/h8-10,12-16H,6-7,11H2,1-5H3;1H/q+1;/p-1. The highest BCUT2D eigenvalue weighted by atomic mass is 79.9. The first kappa shape index (κ1) is 19.0. The molecule has 0 aliphatic carbocycles. The summed E-state index contributed by atoms with van der Waals surface area (Å²) in [6, 6.07) is 6.73. The summed E-state index contributed by atoms with van der Waals surface area (Å²) in [5.41, 5.74) is 4.23. The molecular formula is C19H29BrN2. The average Bonchev–Trinajstić information content (AvgIpc) is 2.92. The van der Waals surface area contributed by atoms with Gasteiger partial charge in [-0.2, -0.15) is 0 Å². The van der Waals surface area contributed by atoms with Gasteiger partial charge in [0.15, 0.2) is 0 Å². The minimum absolute atomic E-state index is 0. The number of hydrogen-bond acceptors (Lipinski definition) is 0. The van der Waals surface area contributed by atoms with Gasteiger partial charge in [0.05, 0.1) is 6.54 Å². The van der Waals surface area contributed by atoms with E-state index in [9.17, 15) is 0 Å². The number of rotatable bonds is 6. The number of imidazole rings is 1. The molecule has 1 aromatic heterocycles. The van der Waals surface area contributed by atoms with Gasteiger partial charge in [-0.05, 0) is 18.3 Å². The molecule has 0 aliphatic heterocycles. The summed E-state index contributed by atoms with van der Waals surface area (Å²) in [6.07, 6.45) is 9.10. The lowest BCUT2D eigenvalue weighted by Gasteiger charge is -2.16. The fraction of sp³-hybridized carbons (Fsp3) is 0.526. The van der Waals surface area contributed by atoms with Gasteiger partial charge in [0.25, 0.3) is 0 Å². The Hall–Kier alpha value is -1.09. The van der Waals surface area contributed by atoms with E-state index in [1.54, 1.807) is 0 Å². The summed E-state index contributed by atoms with van der Waals surface area (Å²) in [6.45, 7) is 12.4. The number of nitrogens with zero attached hydrogens (tertiary/aromatic N) is 2. The second kappa shape index (κ2) is 8.52. The van der Waals surface area contributed by atoms with Crippen LogP contribution >= 0.6 is 0 Å². The molecule has 0 N–H and O–H groups in total. The fourth-order valence-electron chi connectivity index (χ4n) is 2.81. The highest BCUT2D eigenvalue weighted by molar-refractivity contribution is 5.50. The molecule has 0 saturated carbocycles. The molecule has 0 radical (unpaired) electrons.